The van der Waals surface area contributed by atoms with Gasteiger partial charge in [0.15, 0.2) is 0 Å². The van der Waals surface area contributed by atoms with Crippen LogP contribution in [0.1, 0.15) is 59.8 Å². The Morgan fingerprint density at radius 3 is 2.55 bits per heavy atom. The molecule has 0 heterocycles. The molecule has 0 aromatic rings. The highest BCUT2D eigenvalue weighted by atomic mass is 16.5. The summed E-state index contributed by atoms with van der Waals surface area (Å²) in [4.78, 5) is 14.5. The van der Waals surface area contributed by atoms with Crippen molar-refractivity contribution >= 4 is 5.97 Å². The summed E-state index contributed by atoms with van der Waals surface area (Å²) in [5, 5.41) is 3.46. The molecule has 4 nitrogen and oxygen atoms in total. The maximum absolute atomic E-state index is 12.0. The Bertz CT molecular complexity index is 305. The predicted octanol–water partition coefficient (Wildman–Crippen LogP) is 2.57. The van der Waals surface area contributed by atoms with Crippen molar-refractivity contribution in [2.45, 2.75) is 77.4 Å². The van der Waals surface area contributed by atoms with Gasteiger partial charge >= 0.3 is 5.97 Å². The molecule has 4 heteroatoms. The zero-order valence-electron chi connectivity index (χ0n) is 13.9. The molecule has 2 atom stereocenters. The smallest absolute Gasteiger partial charge is 0.325 e. The second-order valence-corrected chi connectivity index (χ2v) is 6.23. The first-order valence-electron chi connectivity index (χ1n) is 8.07. The minimum atomic E-state index is -0.523. The normalized spacial score (nSPS) is 19.7. The lowest BCUT2D eigenvalue weighted by molar-refractivity contribution is -0.148. The fraction of sp³-hybridized carbons (Fsp3) is 0.938. The molecule has 0 aromatic heterocycles. The van der Waals surface area contributed by atoms with Gasteiger partial charge in [0.05, 0.1) is 7.11 Å². The predicted molar refractivity (Wildman–Crippen MR) is 82.8 cm³/mol. The molecule has 1 rings (SSSR count). The van der Waals surface area contributed by atoms with E-state index in [2.05, 4.69) is 31.0 Å². The van der Waals surface area contributed by atoms with Crippen molar-refractivity contribution in [2.24, 2.45) is 0 Å². The summed E-state index contributed by atoms with van der Waals surface area (Å²) in [5.74, 6) is -0.129. The number of ether oxygens (including phenoxy) is 1. The molecule has 0 radical (unpaired) electrons. The van der Waals surface area contributed by atoms with Crippen LogP contribution in [0.5, 0.6) is 0 Å². The molecular weight excluding hydrogens is 252 g/mol. The number of hydrogen-bond acceptors (Lipinski definition) is 4. The van der Waals surface area contributed by atoms with Crippen molar-refractivity contribution in [2.75, 3.05) is 20.2 Å². The van der Waals surface area contributed by atoms with Crippen molar-refractivity contribution in [3.05, 3.63) is 0 Å². The van der Waals surface area contributed by atoms with E-state index in [1.165, 1.54) is 26.4 Å². The maximum atomic E-state index is 12.0. The second kappa shape index (κ2) is 7.99. The standard InChI is InChI=1S/C16H32N2O2/c1-6-13(3)18(7-2)12-8-11-16(4,15(19)20-5)17-14-9-10-14/h13-14,17H,6-12H2,1-5H3. The number of methoxy groups -OCH3 is 1. The van der Waals surface area contributed by atoms with E-state index in [1.807, 2.05) is 6.92 Å². The highest BCUT2D eigenvalue weighted by Crippen LogP contribution is 2.25. The number of hydrogen-bond donors (Lipinski definition) is 1. The molecule has 1 saturated carbocycles. The van der Waals surface area contributed by atoms with Crippen molar-refractivity contribution in [1.82, 2.24) is 10.2 Å². The van der Waals surface area contributed by atoms with Crippen LogP contribution in [-0.4, -0.2) is 48.7 Å². The zero-order chi connectivity index (χ0) is 15.2. The Morgan fingerprint density at radius 1 is 1.45 bits per heavy atom. The molecule has 0 aliphatic heterocycles. The third-order valence-corrected chi connectivity index (χ3v) is 4.48. The summed E-state index contributed by atoms with van der Waals surface area (Å²) >= 11 is 0. The van der Waals surface area contributed by atoms with E-state index in [1.54, 1.807) is 0 Å². The second-order valence-electron chi connectivity index (χ2n) is 6.23. The molecule has 2 unspecified atom stereocenters. The van der Waals surface area contributed by atoms with Gasteiger partial charge in [-0.25, -0.2) is 0 Å². The van der Waals surface area contributed by atoms with Gasteiger partial charge in [-0.15, -0.1) is 0 Å². The summed E-state index contributed by atoms with van der Waals surface area (Å²) < 4.78 is 4.98. The molecule has 118 valence electrons. The van der Waals surface area contributed by atoms with E-state index < -0.39 is 5.54 Å². The van der Waals surface area contributed by atoms with Crippen molar-refractivity contribution in [1.29, 1.82) is 0 Å². The number of carbonyl (C=O) groups excluding carboxylic acids is 1. The Balaban J connectivity index is 2.47. The topological polar surface area (TPSA) is 41.6 Å². The van der Waals surface area contributed by atoms with Gasteiger partial charge in [0, 0.05) is 12.1 Å². The number of nitrogens with one attached hydrogen (secondary N) is 1. The monoisotopic (exact) mass is 284 g/mol. The lowest BCUT2D eigenvalue weighted by Gasteiger charge is -2.31. The molecule has 1 N–H and O–H groups in total. The minimum Gasteiger partial charge on any atom is -0.468 e. The van der Waals surface area contributed by atoms with E-state index in [0.29, 0.717) is 12.1 Å². The Hall–Kier alpha value is -0.610. The number of carbonyl (C=O) groups is 1. The first kappa shape index (κ1) is 17.4. The van der Waals surface area contributed by atoms with Crippen LogP contribution in [-0.2, 0) is 9.53 Å². The fourth-order valence-corrected chi connectivity index (χ4v) is 2.72. The molecule has 1 aliphatic rings. The Morgan fingerprint density at radius 2 is 2.10 bits per heavy atom. The first-order chi connectivity index (χ1) is 9.46. The average molecular weight is 284 g/mol. The summed E-state index contributed by atoms with van der Waals surface area (Å²) in [5.41, 5.74) is -0.523. The largest absolute Gasteiger partial charge is 0.468 e. The number of nitrogens with zero attached hydrogens (tertiary/aromatic N) is 1. The molecule has 0 saturated heterocycles. The number of rotatable bonds is 10. The third kappa shape index (κ3) is 5.06. The third-order valence-electron chi connectivity index (χ3n) is 4.48. The van der Waals surface area contributed by atoms with Gasteiger partial charge in [-0.2, -0.15) is 0 Å². The van der Waals surface area contributed by atoms with Crippen molar-refractivity contribution < 1.29 is 9.53 Å². The highest BCUT2D eigenvalue weighted by molar-refractivity contribution is 5.80. The Labute approximate surface area is 124 Å². The molecular formula is C16H32N2O2. The molecule has 0 bridgehead atoms. The van der Waals surface area contributed by atoms with Crippen LogP contribution in [0.15, 0.2) is 0 Å². The van der Waals surface area contributed by atoms with Crippen LogP contribution in [0.2, 0.25) is 0 Å². The van der Waals surface area contributed by atoms with Gasteiger partial charge in [0.1, 0.15) is 5.54 Å². The average Bonchev–Trinajstić information content (AvgIpc) is 3.25. The van der Waals surface area contributed by atoms with E-state index in [-0.39, 0.29) is 5.97 Å². The fourth-order valence-electron chi connectivity index (χ4n) is 2.72. The zero-order valence-corrected chi connectivity index (χ0v) is 13.9. The van der Waals surface area contributed by atoms with Crippen molar-refractivity contribution in [3.63, 3.8) is 0 Å². The number of esters is 1. The lowest BCUT2D eigenvalue weighted by atomic mass is 9.95. The first-order valence-corrected chi connectivity index (χ1v) is 8.07. The molecule has 1 fully saturated rings. The summed E-state index contributed by atoms with van der Waals surface area (Å²) in [7, 11) is 1.48. The Kier molecular flexibility index (Phi) is 6.96. The van der Waals surface area contributed by atoms with Gasteiger partial charge in [-0.1, -0.05) is 13.8 Å². The minimum absolute atomic E-state index is 0.129. The quantitative estimate of drug-likeness (QED) is 0.626. The van der Waals surface area contributed by atoms with E-state index in [0.717, 1.165) is 25.9 Å². The molecule has 0 amide bonds. The summed E-state index contributed by atoms with van der Waals surface area (Å²) in [6.07, 6.45) is 5.39. The van der Waals surface area contributed by atoms with Crippen LogP contribution in [0.4, 0.5) is 0 Å². The van der Waals surface area contributed by atoms with Gasteiger partial charge in [-0.05, 0) is 59.0 Å². The SMILES string of the molecule is CCC(C)N(CC)CCCC(C)(NC1CC1)C(=O)OC. The molecule has 0 aromatic carbocycles. The van der Waals surface area contributed by atoms with Crippen LogP contribution in [0.3, 0.4) is 0 Å². The van der Waals surface area contributed by atoms with Gasteiger partial charge in [-0.3, -0.25) is 10.1 Å². The van der Waals surface area contributed by atoms with Gasteiger partial charge in [0.2, 0.25) is 0 Å². The van der Waals surface area contributed by atoms with Crippen molar-refractivity contribution in [3.8, 4) is 0 Å². The molecule has 20 heavy (non-hydrogen) atoms. The van der Waals surface area contributed by atoms with Gasteiger partial charge < -0.3 is 9.64 Å². The molecule has 1 aliphatic carbocycles. The van der Waals surface area contributed by atoms with Crippen LogP contribution < -0.4 is 5.32 Å². The summed E-state index contributed by atoms with van der Waals surface area (Å²) in [6.45, 7) is 10.8. The van der Waals surface area contributed by atoms with Crippen LogP contribution >= 0.6 is 0 Å². The van der Waals surface area contributed by atoms with Crippen LogP contribution in [0.25, 0.3) is 0 Å². The lowest BCUT2D eigenvalue weighted by Crippen LogP contribution is -2.51. The van der Waals surface area contributed by atoms with Gasteiger partial charge in [0.25, 0.3) is 0 Å². The molecule has 0 spiro atoms. The van der Waals surface area contributed by atoms with E-state index in [9.17, 15) is 4.79 Å². The maximum Gasteiger partial charge on any atom is 0.325 e. The summed E-state index contributed by atoms with van der Waals surface area (Å²) in [6, 6.07) is 1.12. The highest BCUT2D eigenvalue weighted by Gasteiger charge is 2.38. The van der Waals surface area contributed by atoms with E-state index in [4.69, 9.17) is 4.74 Å². The van der Waals surface area contributed by atoms with E-state index >= 15 is 0 Å². The van der Waals surface area contributed by atoms with Crippen LogP contribution in [0, 0.1) is 0 Å².